The number of carbonyl (C=O) groups is 4. The number of aromatic hydroxyl groups is 1. The molecule has 274 valence electrons. The van der Waals surface area contributed by atoms with E-state index in [2.05, 4.69) is 4.90 Å². The minimum Gasteiger partial charge on any atom is -0.508 e. The van der Waals surface area contributed by atoms with Crippen molar-refractivity contribution >= 4 is 52.3 Å². The molecule has 1 N–H and O–H groups in total. The predicted octanol–water partition coefficient (Wildman–Crippen LogP) is 6.26. The molecule has 54 heavy (non-hydrogen) atoms. The summed E-state index contributed by atoms with van der Waals surface area (Å²) in [6.45, 7) is 2.79. The first-order valence-corrected chi connectivity index (χ1v) is 18.7. The number of amides is 4. The van der Waals surface area contributed by atoms with Crippen molar-refractivity contribution in [2.45, 2.75) is 24.2 Å². The van der Waals surface area contributed by atoms with Crippen molar-refractivity contribution in [1.29, 1.82) is 0 Å². The molecule has 11 heteroatoms. The van der Waals surface area contributed by atoms with Gasteiger partial charge in [0, 0.05) is 35.3 Å². The number of phenols is 1. The Hall–Kier alpha value is -5.45. The fourth-order valence-corrected chi connectivity index (χ4v) is 10.1. The van der Waals surface area contributed by atoms with Crippen molar-refractivity contribution in [3.05, 3.63) is 125 Å². The zero-order chi connectivity index (χ0) is 37.3. The van der Waals surface area contributed by atoms with Crippen molar-refractivity contribution in [3.63, 3.8) is 0 Å². The Kier molecular flexibility index (Phi) is 8.35. The van der Waals surface area contributed by atoms with Gasteiger partial charge in [-0.3, -0.25) is 24.1 Å². The molecular weight excluding hydrogens is 706 g/mol. The number of hydrogen-bond donors (Lipinski definition) is 1. The van der Waals surface area contributed by atoms with Gasteiger partial charge in [-0.25, -0.2) is 4.90 Å². The molecule has 6 unspecified atom stereocenters. The summed E-state index contributed by atoms with van der Waals surface area (Å²) in [7, 11) is 1.52. The lowest BCUT2D eigenvalue weighted by molar-refractivity contribution is -0.127. The molecule has 4 aromatic rings. The number of anilines is 3. The Morgan fingerprint density at radius 2 is 1.52 bits per heavy atom. The van der Waals surface area contributed by atoms with Crippen LogP contribution in [0.2, 0.25) is 5.02 Å². The number of imide groups is 2. The lowest BCUT2D eigenvalue weighted by atomic mass is 9.49. The van der Waals surface area contributed by atoms with Gasteiger partial charge in [0.25, 0.3) is 0 Å². The Morgan fingerprint density at radius 3 is 2.24 bits per heavy atom. The van der Waals surface area contributed by atoms with Crippen molar-refractivity contribution < 1.29 is 33.8 Å². The highest BCUT2D eigenvalue weighted by Crippen LogP contribution is 2.65. The normalized spacial score (nSPS) is 27.8. The van der Waals surface area contributed by atoms with Gasteiger partial charge in [-0.2, -0.15) is 0 Å². The van der Waals surface area contributed by atoms with Gasteiger partial charge in [0.1, 0.15) is 11.5 Å². The molecule has 4 aromatic carbocycles. The van der Waals surface area contributed by atoms with Crippen LogP contribution in [0.4, 0.5) is 17.1 Å². The molecule has 0 spiro atoms. The molecule has 0 radical (unpaired) electrons. The number of methoxy groups -OCH3 is 1. The monoisotopic (exact) mass is 743 g/mol. The quantitative estimate of drug-likeness (QED) is 0.182. The van der Waals surface area contributed by atoms with Crippen LogP contribution >= 0.6 is 11.6 Å². The number of halogens is 1. The summed E-state index contributed by atoms with van der Waals surface area (Å²) in [4.78, 5) is 64.1. The van der Waals surface area contributed by atoms with Crippen LogP contribution in [0.25, 0.3) is 0 Å². The minimum absolute atomic E-state index is 0.0733. The van der Waals surface area contributed by atoms with E-state index in [4.69, 9.17) is 21.1 Å². The first-order valence-electron chi connectivity index (χ1n) is 18.3. The van der Waals surface area contributed by atoms with Gasteiger partial charge in [0.2, 0.25) is 23.6 Å². The Morgan fingerprint density at radius 1 is 0.778 bits per heavy atom. The van der Waals surface area contributed by atoms with E-state index in [0.717, 1.165) is 24.4 Å². The summed E-state index contributed by atoms with van der Waals surface area (Å²) < 4.78 is 11.1. The lowest BCUT2D eigenvalue weighted by Crippen LogP contribution is -2.53. The fraction of sp³-hybridized carbons (Fsp3) is 0.302. The average molecular weight is 744 g/mol. The molecule has 2 aliphatic carbocycles. The number of carbonyl (C=O) groups excluding carboxylic acids is 4. The molecule has 10 nitrogen and oxygen atoms in total. The van der Waals surface area contributed by atoms with Crippen LogP contribution < -0.4 is 19.4 Å². The highest BCUT2D eigenvalue weighted by molar-refractivity contribution is 6.32. The molecule has 6 atom stereocenters. The van der Waals surface area contributed by atoms with Gasteiger partial charge >= 0.3 is 0 Å². The Bertz CT molecular complexity index is 2220. The van der Waals surface area contributed by atoms with Crippen LogP contribution in [-0.2, 0) is 29.3 Å². The number of ether oxygens (including phenoxy) is 2. The molecule has 4 fully saturated rings. The largest absolute Gasteiger partial charge is 0.508 e. The molecule has 0 aromatic heterocycles. The minimum atomic E-state index is -1.51. The van der Waals surface area contributed by atoms with Crippen LogP contribution in [0.1, 0.15) is 29.9 Å². The molecule has 0 bridgehead atoms. The van der Waals surface area contributed by atoms with E-state index >= 15 is 4.79 Å². The summed E-state index contributed by atoms with van der Waals surface area (Å²) in [5.74, 6) is -4.93. The standard InChI is InChI=1S/C43H38ClN3O7/c1-53-30-14-17-36(48)34(23-30)38-31-15-16-32-37(41(51)46(39(32)49)28-12-10-27(11-13-28)45-18-20-54-21-19-45)33(31)24-35-40(50)47(29-9-5-8-26(44)22-29)42(52)43(35,38)25-6-3-2-4-7-25/h2-15,17,22-23,32-33,35,37-38,48H,16,18-21,24H2,1H3. The van der Waals surface area contributed by atoms with Gasteiger partial charge in [0.15, 0.2) is 0 Å². The zero-order valence-electron chi connectivity index (χ0n) is 29.6. The van der Waals surface area contributed by atoms with Crippen molar-refractivity contribution in [1.82, 2.24) is 0 Å². The van der Waals surface area contributed by atoms with Crippen LogP contribution in [0.15, 0.2) is 109 Å². The van der Waals surface area contributed by atoms with Crippen molar-refractivity contribution in [2.75, 3.05) is 48.1 Å². The number of rotatable bonds is 6. The highest BCUT2D eigenvalue weighted by Gasteiger charge is 2.70. The van der Waals surface area contributed by atoms with E-state index < -0.39 is 46.8 Å². The summed E-state index contributed by atoms with van der Waals surface area (Å²) in [5, 5.41) is 12.0. The van der Waals surface area contributed by atoms with Gasteiger partial charge in [0.05, 0.1) is 54.9 Å². The van der Waals surface area contributed by atoms with E-state index in [-0.39, 0.29) is 30.4 Å². The topological polar surface area (TPSA) is 117 Å². The Balaban J connectivity index is 1.19. The third kappa shape index (κ3) is 5.03. The smallest absolute Gasteiger partial charge is 0.246 e. The van der Waals surface area contributed by atoms with Gasteiger partial charge in [-0.05, 0) is 85.0 Å². The van der Waals surface area contributed by atoms with E-state index in [1.807, 2.05) is 60.7 Å². The van der Waals surface area contributed by atoms with E-state index in [1.54, 1.807) is 36.4 Å². The molecule has 3 heterocycles. The number of benzene rings is 4. The van der Waals surface area contributed by atoms with Crippen molar-refractivity contribution in [2.24, 2.45) is 23.7 Å². The molecule has 9 rings (SSSR count). The number of fused-ring (bicyclic) bond motifs is 4. The average Bonchev–Trinajstić information content (AvgIpc) is 3.59. The summed E-state index contributed by atoms with van der Waals surface area (Å²) in [6.07, 6.45) is 2.39. The fourth-order valence-electron chi connectivity index (χ4n) is 9.87. The first kappa shape index (κ1) is 34.3. The van der Waals surface area contributed by atoms with Crippen LogP contribution in [0, 0.1) is 23.7 Å². The molecule has 3 saturated heterocycles. The predicted molar refractivity (Wildman–Crippen MR) is 203 cm³/mol. The maximum Gasteiger partial charge on any atom is 0.246 e. The third-order valence-electron chi connectivity index (χ3n) is 12.2. The molecule has 4 amide bonds. The van der Waals surface area contributed by atoms with Crippen LogP contribution in [-0.4, -0.2) is 62.1 Å². The second kappa shape index (κ2) is 13.1. The summed E-state index contributed by atoms with van der Waals surface area (Å²) >= 11 is 6.42. The SMILES string of the molecule is COc1ccc(O)c(C2C3=CCC4C(=O)N(c5ccc(N6CCOCC6)cc5)C(=O)C4C3CC3C(=O)N(c4cccc(Cl)c4)C(=O)C32c2ccccc2)c1. The number of allylic oxidation sites excluding steroid dienone is 2. The zero-order valence-corrected chi connectivity index (χ0v) is 30.3. The maximum atomic E-state index is 15.4. The molecular formula is C43H38ClN3O7. The number of morpholine rings is 1. The van der Waals surface area contributed by atoms with Gasteiger partial charge in [-0.15, -0.1) is 0 Å². The van der Waals surface area contributed by atoms with Crippen LogP contribution in [0.5, 0.6) is 11.5 Å². The van der Waals surface area contributed by atoms with E-state index in [1.165, 1.54) is 23.0 Å². The van der Waals surface area contributed by atoms with Crippen LogP contribution in [0.3, 0.4) is 0 Å². The second-order valence-electron chi connectivity index (χ2n) is 14.6. The summed E-state index contributed by atoms with van der Waals surface area (Å²) in [5.41, 5.74) is 2.07. The first-order chi connectivity index (χ1) is 26.2. The number of hydrogen-bond acceptors (Lipinski definition) is 8. The van der Waals surface area contributed by atoms with Crippen molar-refractivity contribution in [3.8, 4) is 11.5 Å². The molecule has 3 aliphatic heterocycles. The second-order valence-corrected chi connectivity index (χ2v) is 15.1. The van der Waals surface area contributed by atoms with Gasteiger partial charge in [-0.1, -0.05) is 59.6 Å². The third-order valence-corrected chi connectivity index (χ3v) is 12.4. The lowest BCUT2D eigenvalue weighted by Gasteiger charge is -2.50. The van der Waals surface area contributed by atoms with Gasteiger partial charge < -0.3 is 19.5 Å². The Labute approximate surface area is 317 Å². The highest BCUT2D eigenvalue weighted by atomic mass is 35.5. The maximum absolute atomic E-state index is 15.4. The number of nitrogens with zero attached hydrogens (tertiary/aromatic N) is 3. The van der Waals surface area contributed by atoms with E-state index in [9.17, 15) is 19.5 Å². The van der Waals surface area contributed by atoms with E-state index in [0.29, 0.717) is 46.5 Å². The molecule has 5 aliphatic rings. The number of phenolic OH excluding ortho intramolecular Hbond substituents is 1. The molecule has 1 saturated carbocycles. The summed E-state index contributed by atoms with van der Waals surface area (Å²) in [6, 6.07) is 28.2.